The molecule has 1 aliphatic heterocycles. The molecule has 1 aromatic rings. The van der Waals surface area contributed by atoms with Gasteiger partial charge in [-0.3, -0.25) is 9.59 Å². The van der Waals surface area contributed by atoms with E-state index in [4.69, 9.17) is 5.26 Å². The molecule has 0 unspecified atom stereocenters. The maximum Gasteiger partial charge on any atom is 0.247 e. The minimum absolute atomic E-state index is 0.0955. The second-order valence-corrected chi connectivity index (χ2v) is 6.67. The maximum absolute atomic E-state index is 12.5. The fourth-order valence-corrected chi connectivity index (χ4v) is 3.48. The van der Waals surface area contributed by atoms with Crippen molar-refractivity contribution in [3.05, 3.63) is 41.5 Å². The topological polar surface area (TPSA) is 73.2 Å². The Morgan fingerprint density at radius 1 is 1.50 bits per heavy atom. The van der Waals surface area contributed by atoms with Gasteiger partial charge in [0.1, 0.15) is 6.04 Å². The predicted molar refractivity (Wildman–Crippen MR) is 96.0 cm³/mol. The van der Waals surface area contributed by atoms with Gasteiger partial charge in [-0.1, -0.05) is 25.1 Å². The van der Waals surface area contributed by atoms with Gasteiger partial charge in [-0.25, -0.2) is 0 Å². The van der Waals surface area contributed by atoms with Crippen LogP contribution < -0.4 is 5.32 Å². The molecule has 1 fully saturated rings. The number of benzene rings is 1. The number of carbonyl (C=O) groups is 2. The normalized spacial score (nSPS) is 18.4. The quantitative estimate of drug-likeness (QED) is 0.833. The van der Waals surface area contributed by atoms with Gasteiger partial charge in [-0.2, -0.15) is 5.26 Å². The number of hydrogen-bond donors (Lipinski definition) is 1. The molecule has 1 aromatic carbocycles. The zero-order chi connectivity index (χ0) is 17.5. The van der Waals surface area contributed by atoms with Crippen molar-refractivity contribution in [1.82, 2.24) is 10.2 Å². The van der Waals surface area contributed by atoms with Gasteiger partial charge < -0.3 is 10.2 Å². The molecule has 1 heterocycles. The Labute approximate surface area is 146 Å². The lowest BCUT2D eigenvalue weighted by atomic mass is 10.1. The van der Waals surface area contributed by atoms with E-state index in [1.165, 1.54) is 6.08 Å². The minimum Gasteiger partial charge on any atom is -0.352 e. The van der Waals surface area contributed by atoms with Crippen LogP contribution in [0.4, 0.5) is 0 Å². The Morgan fingerprint density at radius 3 is 2.96 bits per heavy atom. The highest BCUT2D eigenvalue weighted by Crippen LogP contribution is 2.22. The lowest BCUT2D eigenvalue weighted by Crippen LogP contribution is -2.48. The second kappa shape index (κ2) is 8.55. The molecule has 0 saturated carbocycles. The van der Waals surface area contributed by atoms with Crippen molar-refractivity contribution < 1.29 is 9.59 Å². The van der Waals surface area contributed by atoms with Crippen LogP contribution in [0.1, 0.15) is 31.4 Å². The van der Waals surface area contributed by atoms with Crippen LogP contribution in [0.5, 0.6) is 0 Å². The van der Waals surface area contributed by atoms with E-state index in [0.717, 1.165) is 6.42 Å². The monoisotopic (exact) mass is 343 g/mol. The summed E-state index contributed by atoms with van der Waals surface area (Å²) in [5.41, 5.74) is 1.21. The van der Waals surface area contributed by atoms with E-state index in [-0.39, 0.29) is 17.9 Å². The average molecular weight is 343 g/mol. The molecule has 24 heavy (non-hydrogen) atoms. The van der Waals surface area contributed by atoms with Crippen LogP contribution in [0.2, 0.25) is 0 Å². The first kappa shape index (κ1) is 18.1. The van der Waals surface area contributed by atoms with Crippen LogP contribution in [0.25, 0.3) is 6.08 Å². The molecule has 1 saturated heterocycles. The van der Waals surface area contributed by atoms with Gasteiger partial charge in [0.15, 0.2) is 0 Å². The van der Waals surface area contributed by atoms with Crippen molar-refractivity contribution in [2.45, 2.75) is 32.4 Å². The van der Waals surface area contributed by atoms with E-state index in [9.17, 15) is 9.59 Å². The van der Waals surface area contributed by atoms with Gasteiger partial charge >= 0.3 is 0 Å². The number of thioether (sulfide) groups is 1. The molecule has 0 radical (unpaired) electrons. The molecule has 1 N–H and O–H groups in total. The minimum atomic E-state index is -0.438. The van der Waals surface area contributed by atoms with Crippen molar-refractivity contribution in [3.8, 4) is 6.07 Å². The molecule has 2 atom stereocenters. The number of amides is 2. The van der Waals surface area contributed by atoms with Crippen LogP contribution >= 0.6 is 11.8 Å². The molecular formula is C18H21N3O2S. The zero-order valence-corrected chi connectivity index (χ0v) is 14.7. The van der Waals surface area contributed by atoms with Gasteiger partial charge in [-0.05, 0) is 31.1 Å². The number of hydrogen-bond acceptors (Lipinski definition) is 4. The molecule has 0 bridgehead atoms. The van der Waals surface area contributed by atoms with Gasteiger partial charge in [0, 0.05) is 17.9 Å². The van der Waals surface area contributed by atoms with Crippen LogP contribution in [0.3, 0.4) is 0 Å². The Balaban J connectivity index is 2.07. The van der Waals surface area contributed by atoms with E-state index in [2.05, 4.69) is 11.4 Å². The standard InChI is InChI=1S/C18H21N3O2S/c1-3-13(2)20-18(23)16-11-24-12-21(16)17(22)9-8-14-6-4-5-7-15(14)10-19/h4-9,13,16H,3,11-12H2,1-2H3,(H,20,23)/b9-8+/t13-,16+/m0/s1. The summed E-state index contributed by atoms with van der Waals surface area (Å²) in [5.74, 6) is 0.795. The van der Waals surface area contributed by atoms with E-state index < -0.39 is 6.04 Å². The molecule has 0 aliphatic carbocycles. The summed E-state index contributed by atoms with van der Waals surface area (Å²) in [6.45, 7) is 3.96. The summed E-state index contributed by atoms with van der Waals surface area (Å²) >= 11 is 1.57. The highest BCUT2D eigenvalue weighted by atomic mass is 32.2. The number of carbonyl (C=O) groups excluding carboxylic acids is 2. The zero-order valence-electron chi connectivity index (χ0n) is 13.9. The largest absolute Gasteiger partial charge is 0.352 e. The van der Waals surface area contributed by atoms with Crippen LogP contribution in [0.15, 0.2) is 30.3 Å². The average Bonchev–Trinajstić information content (AvgIpc) is 3.09. The predicted octanol–water partition coefficient (Wildman–Crippen LogP) is 2.39. The van der Waals surface area contributed by atoms with Crippen LogP contribution in [-0.4, -0.2) is 40.4 Å². The summed E-state index contributed by atoms with van der Waals surface area (Å²) in [5, 5.41) is 12.0. The first-order valence-electron chi connectivity index (χ1n) is 7.92. The van der Waals surface area contributed by atoms with Crippen molar-refractivity contribution in [2.75, 3.05) is 11.6 Å². The maximum atomic E-state index is 12.5. The van der Waals surface area contributed by atoms with Crippen molar-refractivity contribution in [3.63, 3.8) is 0 Å². The van der Waals surface area contributed by atoms with Gasteiger partial charge in [-0.15, -0.1) is 11.8 Å². The summed E-state index contributed by atoms with van der Waals surface area (Å²) in [6, 6.07) is 8.85. The third-order valence-corrected chi connectivity index (χ3v) is 4.97. The van der Waals surface area contributed by atoms with Gasteiger partial charge in [0.05, 0.1) is 17.5 Å². The smallest absolute Gasteiger partial charge is 0.247 e. The van der Waals surface area contributed by atoms with Gasteiger partial charge in [0.2, 0.25) is 11.8 Å². The highest BCUT2D eigenvalue weighted by Gasteiger charge is 2.33. The summed E-state index contributed by atoms with van der Waals surface area (Å²) in [6.07, 6.45) is 3.92. The molecule has 6 heteroatoms. The van der Waals surface area contributed by atoms with Crippen LogP contribution in [0, 0.1) is 11.3 Å². The lowest BCUT2D eigenvalue weighted by molar-refractivity contribution is -0.135. The summed E-state index contributed by atoms with van der Waals surface area (Å²) in [4.78, 5) is 26.3. The Kier molecular flexibility index (Phi) is 6.44. The van der Waals surface area contributed by atoms with Crippen molar-refractivity contribution in [2.24, 2.45) is 0 Å². The number of nitrogens with one attached hydrogen (secondary N) is 1. The Hall–Kier alpha value is -2.26. The molecular weight excluding hydrogens is 322 g/mol. The number of rotatable bonds is 5. The summed E-state index contributed by atoms with van der Waals surface area (Å²) in [7, 11) is 0. The third-order valence-electron chi connectivity index (χ3n) is 3.96. The molecule has 5 nitrogen and oxygen atoms in total. The van der Waals surface area contributed by atoms with E-state index >= 15 is 0 Å². The lowest BCUT2D eigenvalue weighted by Gasteiger charge is -2.23. The van der Waals surface area contributed by atoms with E-state index in [1.807, 2.05) is 19.9 Å². The number of nitriles is 1. The first-order valence-corrected chi connectivity index (χ1v) is 9.08. The molecule has 0 spiro atoms. The fraction of sp³-hybridized carbons (Fsp3) is 0.389. The first-order chi connectivity index (χ1) is 11.6. The second-order valence-electron chi connectivity index (χ2n) is 5.67. The van der Waals surface area contributed by atoms with E-state index in [1.54, 1.807) is 40.9 Å². The molecule has 126 valence electrons. The SMILES string of the molecule is CC[C@H](C)NC(=O)[C@H]1CSCN1C(=O)/C=C/c1ccccc1C#N. The Bertz CT molecular complexity index is 681. The Morgan fingerprint density at radius 2 is 2.25 bits per heavy atom. The van der Waals surface area contributed by atoms with Gasteiger partial charge in [0.25, 0.3) is 0 Å². The van der Waals surface area contributed by atoms with E-state index in [0.29, 0.717) is 22.8 Å². The molecule has 1 aliphatic rings. The molecule has 0 aromatic heterocycles. The van der Waals surface area contributed by atoms with Crippen molar-refractivity contribution >= 4 is 29.7 Å². The fourth-order valence-electron chi connectivity index (χ4n) is 2.32. The third kappa shape index (κ3) is 4.39. The summed E-state index contributed by atoms with van der Waals surface area (Å²) < 4.78 is 0. The van der Waals surface area contributed by atoms with Crippen LogP contribution in [-0.2, 0) is 9.59 Å². The molecule has 2 amide bonds. The highest BCUT2D eigenvalue weighted by molar-refractivity contribution is 7.99. The molecule has 2 rings (SSSR count). The van der Waals surface area contributed by atoms with Crippen molar-refractivity contribution in [1.29, 1.82) is 5.26 Å². The number of nitrogens with zero attached hydrogens (tertiary/aromatic N) is 2.